The molecule has 1 amide bonds. The fourth-order valence-corrected chi connectivity index (χ4v) is 3.87. The van der Waals surface area contributed by atoms with Gasteiger partial charge >= 0.3 is 0 Å². The summed E-state index contributed by atoms with van der Waals surface area (Å²) < 4.78 is 6.03. The maximum atomic E-state index is 13.6. The molecule has 30 heavy (non-hydrogen) atoms. The van der Waals surface area contributed by atoms with Gasteiger partial charge in [-0.1, -0.05) is 66.7 Å². The van der Waals surface area contributed by atoms with Crippen LogP contribution in [0.3, 0.4) is 0 Å². The fraction of sp³-hybridized carbons (Fsp3) is 0.125. The number of nitrogens with one attached hydrogen (secondary N) is 1. The van der Waals surface area contributed by atoms with Crippen LogP contribution in [-0.4, -0.2) is 20.9 Å². The predicted octanol–water partition coefficient (Wildman–Crippen LogP) is 4.07. The second-order valence-electron chi connectivity index (χ2n) is 7.17. The van der Waals surface area contributed by atoms with Gasteiger partial charge in [-0.3, -0.25) is 4.79 Å². The van der Waals surface area contributed by atoms with E-state index in [4.69, 9.17) is 4.74 Å². The topological polar surface area (TPSA) is 69.0 Å². The predicted molar refractivity (Wildman–Crippen MR) is 112 cm³/mol. The van der Waals surface area contributed by atoms with Crippen LogP contribution in [0.1, 0.15) is 28.7 Å². The molecular formula is C24H20N4O2. The van der Waals surface area contributed by atoms with Crippen molar-refractivity contribution in [1.82, 2.24) is 20.3 Å². The van der Waals surface area contributed by atoms with Crippen LogP contribution in [-0.2, 0) is 11.3 Å². The molecule has 1 aliphatic rings. The van der Waals surface area contributed by atoms with E-state index in [0.29, 0.717) is 18.0 Å². The van der Waals surface area contributed by atoms with E-state index in [1.54, 1.807) is 17.2 Å². The van der Waals surface area contributed by atoms with Crippen molar-refractivity contribution in [3.63, 3.8) is 0 Å². The first kappa shape index (κ1) is 18.1. The van der Waals surface area contributed by atoms with Crippen LogP contribution in [0.15, 0.2) is 91.3 Å². The minimum atomic E-state index is -0.456. The molecule has 0 bridgehead atoms. The number of benzene rings is 3. The van der Waals surface area contributed by atoms with E-state index in [9.17, 15) is 4.79 Å². The van der Waals surface area contributed by atoms with Gasteiger partial charge in [-0.05, 0) is 17.7 Å². The van der Waals surface area contributed by atoms with E-state index in [2.05, 4.69) is 15.5 Å². The first-order valence-corrected chi connectivity index (χ1v) is 9.85. The van der Waals surface area contributed by atoms with Crippen LogP contribution < -0.4 is 10.1 Å². The zero-order chi connectivity index (χ0) is 20.3. The van der Waals surface area contributed by atoms with Gasteiger partial charge in [0, 0.05) is 11.1 Å². The highest BCUT2D eigenvalue weighted by atomic mass is 16.5. The molecule has 2 heterocycles. The molecule has 0 aliphatic carbocycles. The van der Waals surface area contributed by atoms with Crippen molar-refractivity contribution in [2.24, 2.45) is 0 Å². The second kappa shape index (κ2) is 7.83. The fourth-order valence-electron chi connectivity index (χ4n) is 3.87. The Balaban J connectivity index is 1.50. The van der Waals surface area contributed by atoms with Crippen molar-refractivity contribution in [3.8, 4) is 11.5 Å². The van der Waals surface area contributed by atoms with E-state index in [1.165, 1.54) is 0 Å². The van der Waals surface area contributed by atoms with Crippen molar-refractivity contribution >= 4 is 5.91 Å². The molecule has 148 valence electrons. The molecule has 1 aromatic heterocycles. The van der Waals surface area contributed by atoms with Gasteiger partial charge in [-0.2, -0.15) is 15.0 Å². The molecule has 1 N–H and O–H groups in total. The molecule has 5 rings (SSSR count). The lowest BCUT2D eigenvalue weighted by atomic mass is 9.87. The summed E-state index contributed by atoms with van der Waals surface area (Å²) in [6, 6.07) is 25.0. The number of ether oxygens (including phenoxy) is 1. The normalized spacial score (nSPS) is 13.6. The summed E-state index contributed by atoms with van der Waals surface area (Å²) in [5, 5.41) is 11.6. The van der Waals surface area contributed by atoms with E-state index in [1.807, 2.05) is 78.9 Å². The van der Waals surface area contributed by atoms with Gasteiger partial charge in [0.2, 0.25) is 5.91 Å². The number of hydrogen-bond acceptors (Lipinski definition) is 4. The molecule has 1 aliphatic heterocycles. The molecule has 1 atom stereocenters. The first-order chi connectivity index (χ1) is 14.8. The lowest BCUT2D eigenvalue weighted by Crippen LogP contribution is -2.36. The Kier molecular flexibility index (Phi) is 4.73. The quantitative estimate of drug-likeness (QED) is 0.552. The van der Waals surface area contributed by atoms with Crippen LogP contribution >= 0.6 is 0 Å². The Morgan fingerprint density at radius 1 is 0.867 bits per heavy atom. The van der Waals surface area contributed by atoms with Gasteiger partial charge in [-0.15, -0.1) is 0 Å². The van der Waals surface area contributed by atoms with Gasteiger partial charge in [0.25, 0.3) is 0 Å². The summed E-state index contributed by atoms with van der Waals surface area (Å²) in [6.07, 6.45) is 3.27. The number of para-hydroxylation sites is 2. The third-order valence-electron chi connectivity index (χ3n) is 5.27. The molecule has 0 radical (unpaired) electrons. The van der Waals surface area contributed by atoms with Gasteiger partial charge in [0.1, 0.15) is 11.5 Å². The Labute approximate surface area is 174 Å². The van der Waals surface area contributed by atoms with Crippen LogP contribution in [0.25, 0.3) is 0 Å². The summed E-state index contributed by atoms with van der Waals surface area (Å²) in [6.45, 7) is 0.440. The number of carbonyl (C=O) groups excluding carboxylic acids is 1. The van der Waals surface area contributed by atoms with Crippen molar-refractivity contribution in [2.75, 3.05) is 0 Å². The maximum Gasteiger partial charge on any atom is 0.232 e. The van der Waals surface area contributed by atoms with Crippen LogP contribution in [0.4, 0.5) is 0 Å². The number of hydrogen-bond donors (Lipinski definition) is 1. The smallest absolute Gasteiger partial charge is 0.232 e. The second-order valence-corrected chi connectivity index (χ2v) is 7.17. The highest BCUT2D eigenvalue weighted by Crippen LogP contribution is 2.44. The SMILES string of the molecule is O=C(NC(Cn1nccn1)c1ccccc1)C1c2ccccc2Oc2ccccc21. The summed E-state index contributed by atoms with van der Waals surface area (Å²) in [5.41, 5.74) is 2.72. The number of aromatic nitrogens is 3. The zero-order valence-electron chi connectivity index (χ0n) is 16.2. The van der Waals surface area contributed by atoms with Crippen molar-refractivity contribution in [3.05, 3.63) is 108 Å². The number of amides is 1. The molecule has 6 nitrogen and oxygen atoms in total. The molecule has 0 fully saturated rings. The average molecular weight is 396 g/mol. The Bertz CT molecular complexity index is 1110. The van der Waals surface area contributed by atoms with Crippen LogP contribution in [0.5, 0.6) is 11.5 Å². The standard InChI is InChI=1S/C24H20N4O2/c29-24(27-20(16-28-25-14-15-26-28)17-8-2-1-3-9-17)23-18-10-4-6-12-21(18)30-22-13-7-5-11-19(22)23/h1-15,20,23H,16H2,(H,27,29). The molecule has 1 unspecified atom stereocenters. The molecule has 4 aromatic rings. The average Bonchev–Trinajstić information content (AvgIpc) is 3.30. The molecule has 6 heteroatoms. The number of rotatable bonds is 5. The van der Waals surface area contributed by atoms with E-state index in [-0.39, 0.29) is 11.9 Å². The molecule has 0 saturated heterocycles. The summed E-state index contributed by atoms with van der Waals surface area (Å²) in [4.78, 5) is 15.2. The summed E-state index contributed by atoms with van der Waals surface area (Å²) in [7, 11) is 0. The van der Waals surface area contributed by atoms with Gasteiger partial charge in [0.15, 0.2) is 0 Å². The van der Waals surface area contributed by atoms with Gasteiger partial charge in [0.05, 0.1) is 30.9 Å². The monoisotopic (exact) mass is 396 g/mol. The van der Waals surface area contributed by atoms with E-state index >= 15 is 0 Å². The molecule has 0 spiro atoms. The zero-order valence-corrected chi connectivity index (χ0v) is 16.2. The van der Waals surface area contributed by atoms with Crippen LogP contribution in [0, 0.1) is 0 Å². The summed E-state index contributed by atoms with van der Waals surface area (Å²) >= 11 is 0. The minimum absolute atomic E-state index is 0.0841. The first-order valence-electron chi connectivity index (χ1n) is 9.85. The number of fused-ring (bicyclic) bond motifs is 2. The minimum Gasteiger partial charge on any atom is -0.457 e. The van der Waals surface area contributed by atoms with E-state index < -0.39 is 5.92 Å². The largest absolute Gasteiger partial charge is 0.457 e. The number of nitrogens with zero attached hydrogens (tertiary/aromatic N) is 3. The highest BCUT2D eigenvalue weighted by Gasteiger charge is 2.33. The lowest BCUT2D eigenvalue weighted by Gasteiger charge is -2.29. The van der Waals surface area contributed by atoms with Crippen molar-refractivity contribution in [2.45, 2.75) is 18.5 Å². The third-order valence-corrected chi connectivity index (χ3v) is 5.27. The van der Waals surface area contributed by atoms with Crippen molar-refractivity contribution < 1.29 is 9.53 Å². The maximum absolute atomic E-state index is 13.6. The van der Waals surface area contributed by atoms with Crippen LogP contribution in [0.2, 0.25) is 0 Å². The molecule has 3 aromatic carbocycles. The lowest BCUT2D eigenvalue weighted by molar-refractivity contribution is -0.122. The molecular weight excluding hydrogens is 376 g/mol. The third kappa shape index (κ3) is 3.43. The number of carbonyl (C=O) groups is 1. The van der Waals surface area contributed by atoms with Gasteiger partial charge in [-0.25, -0.2) is 0 Å². The Hall–Kier alpha value is -3.93. The molecule has 0 saturated carbocycles. The Morgan fingerprint density at radius 2 is 1.43 bits per heavy atom. The Morgan fingerprint density at radius 3 is 2.07 bits per heavy atom. The van der Waals surface area contributed by atoms with Crippen molar-refractivity contribution in [1.29, 1.82) is 0 Å². The van der Waals surface area contributed by atoms with Gasteiger partial charge < -0.3 is 10.1 Å². The van der Waals surface area contributed by atoms with E-state index in [0.717, 1.165) is 16.7 Å². The highest BCUT2D eigenvalue weighted by molar-refractivity contribution is 5.90. The summed E-state index contributed by atoms with van der Waals surface area (Å²) in [5.74, 6) is 0.880.